The van der Waals surface area contributed by atoms with Crippen molar-refractivity contribution in [1.29, 1.82) is 0 Å². The Morgan fingerprint density at radius 1 is 1.08 bits per heavy atom. The molecule has 0 fully saturated rings. The van der Waals surface area contributed by atoms with Gasteiger partial charge in [0.1, 0.15) is 11.5 Å². The van der Waals surface area contributed by atoms with Crippen LogP contribution in [0.25, 0.3) is 10.9 Å². The van der Waals surface area contributed by atoms with Crippen LogP contribution < -0.4 is 9.47 Å². The first kappa shape index (κ1) is 16.8. The highest BCUT2D eigenvalue weighted by Crippen LogP contribution is 2.25. The molecule has 1 N–H and O–H groups in total. The molecule has 0 radical (unpaired) electrons. The Hall–Kier alpha value is -3.08. The van der Waals surface area contributed by atoms with Crippen molar-refractivity contribution < 1.29 is 19.4 Å². The highest BCUT2D eigenvalue weighted by molar-refractivity contribution is 5.79. The van der Waals surface area contributed by atoms with E-state index in [1.807, 2.05) is 12.1 Å². The van der Waals surface area contributed by atoms with E-state index in [2.05, 4.69) is 30.1 Å². The molecule has 0 saturated heterocycles. The number of rotatable bonds is 6. The maximum absolute atomic E-state index is 10.8. The summed E-state index contributed by atoms with van der Waals surface area (Å²) >= 11 is 0. The number of aromatic nitrogens is 1. The van der Waals surface area contributed by atoms with Gasteiger partial charge in [-0.25, -0.2) is 9.78 Å². The fraction of sp³-hybridized carbons (Fsp3) is 0.200. The highest BCUT2D eigenvalue weighted by Gasteiger charge is 2.12. The van der Waals surface area contributed by atoms with Crippen molar-refractivity contribution in [2.75, 3.05) is 0 Å². The third-order valence-corrected chi connectivity index (χ3v) is 3.85. The minimum absolute atomic E-state index is 0.473. The fourth-order valence-corrected chi connectivity index (χ4v) is 2.38. The lowest BCUT2D eigenvalue weighted by Crippen LogP contribution is -2.22. The Kier molecular flexibility index (Phi) is 4.84. The van der Waals surface area contributed by atoms with Gasteiger partial charge in [-0.1, -0.05) is 19.1 Å². The zero-order valence-corrected chi connectivity index (χ0v) is 14.1. The van der Waals surface area contributed by atoms with Gasteiger partial charge < -0.3 is 14.6 Å². The molecule has 25 heavy (non-hydrogen) atoms. The van der Waals surface area contributed by atoms with Gasteiger partial charge >= 0.3 is 5.97 Å². The van der Waals surface area contributed by atoms with Gasteiger partial charge in [0.15, 0.2) is 6.10 Å². The van der Waals surface area contributed by atoms with Gasteiger partial charge in [0.2, 0.25) is 5.88 Å². The maximum atomic E-state index is 10.8. The first-order valence-corrected chi connectivity index (χ1v) is 8.12. The summed E-state index contributed by atoms with van der Waals surface area (Å²) in [5.41, 5.74) is 2.12. The van der Waals surface area contributed by atoms with E-state index in [0.29, 0.717) is 17.4 Å². The van der Waals surface area contributed by atoms with Crippen molar-refractivity contribution in [3.05, 3.63) is 60.2 Å². The van der Waals surface area contributed by atoms with Crippen LogP contribution >= 0.6 is 0 Å². The lowest BCUT2D eigenvalue weighted by Gasteiger charge is -2.11. The van der Waals surface area contributed by atoms with Gasteiger partial charge in [0, 0.05) is 11.5 Å². The second kappa shape index (κ2) is 7.21. The minimum Gasteiger partial charge on any atom is -0.479 e. The summed E-state index contributed by atoms with van der Waals surface area (Å²) in [4.78, 5) is 15.3. The zero-order chi connectivity index (χ0) is 17.8. The van der Waals surface area contributed by atoms with Crippen molar-refractivity contribution in [3.63, 3.8) is 0 Å². The number of carbonyl (C=O) groups is 1. The molecule has 0 aliphatic rings. The number of aliphatic carboxylic acids is 1. The van der Waals surface area contributed by atoms with E-state index in [1.165, 1.54) is 12.5 Å². The van der Waals surface area contributed by atoms with E-state index >= 15 is 0 Å². The molecule has 3 rings (SSSR count). The Bertz CT molecular complexity index is 890. The van der Waals surface area contributed by atoms with Crippen molar-refractivity contribution >= 4 is 16.9 Å². The van der Waals surface area contributed by atoms with Crippen LogP contribution in [0.3, 0.4) is 0 Å². The molecule has 2 aromatic carbocycles. The lowest BCUT2D eigenvalue weighted by molar-refractivity contribution is -0.144. The van der Waals surface area contributed by atoms with Crippen LogP contribution in [0.2, 0.25) is 0 Å². The summed E-state index contributed by atoms with van der Waals surface area (Å²) in [5, 5.41) is 9.92. The number of ether oxygens (including phenoxy) is 2. The monoisotopic (exact) mass is 337 g/mol. The molecule has 1 atom stereocenters. The summed E-state index contributed by atoms with van der Waals surface area (Å²) in [5.74, 6) is 0.579. The van der Waals surface area contributed by atoms with Gasteiger partial charge in [-0.3, -0.25) is 0 Å². The smallest absolute Gasteiger partial charge is 0.344 e. The van der Waals surface area contributed by atoms with Gasteiger partial charge in [0.25, 0.3) is 0 Å². The molecule has 0 aliphatic carbocycles. The van der Waals surface area contributed by atoms with Crippen molar-refractivity contribution in [3.8, 4) is 17.4 Å². The quantitative estimate of drug-likeness (QED) is 0.720. The number of pyridine rings is 1. The van der Waals surface area contributed by atoms with E-state index in [0.717, 1.165) is 17.3 Å². The number of carboxylic acids is 1. The summed E-state index contributed by atoms with van der Waals surface area (Å²) < 4.78 is 11.1. The molecule has 128 valence electrons. The van der Waals surface area contributed by atoms with Gasteiger partial charge in [-0.2, -0.15) is 0 Å². The van der Waals surface area contributed by atoms with Crippen LogP contribution in [0, 0.1) is 0 Å². The zero-order valence-electron chi connectivity index (χ0n) is 14.1. The summed E-state index contributed by atoms with van der Waals surface area (Å²) in [6.45, 7) is 3.59. The number of hydrogen-bond acceptors (Lipinski definition) is 4. The van der Waals surface area contributed by atoms with E-state index in [4.69, 9.17) is 14.6 Å². The second-order valence-corrected chi connectivity index (χ2v) is 5.70. The predicted molar refractivity (Wildman–Crippen MR) is 95.4 cm³/mol. The van der Waals surface area contributed by atoms with E-state index in [9.17, 15) is 4.79 Å². The van der Waals surface area contributed by atoms with Crippen LogP contribution in [-0.4, -0.2) is 22.2 Å². The van der Waals surface area contributed by atoms with Crippen molar-refractivity contribution in [2.24, 2.45) is 0 Å². The molecule has 3 aromatic rings. The van der Waals surface area contributed by atoms with Gasteiger partial charge in [-0.05, 0) is 55.3 Å². The summed E-state index contributed by atoms with van der Waals surface area (Å²) in [7, 11) is 0. The second-order valence-electron chi connectivity index (χ2n) is 5.70. The van der Waals surface area contributed by atoms with Crippen LogP contribution in [0.4, 0.5) is 0 Å². The Balaban J connectivity index is 1.75. The normalized spacial score (nSPS) is 11.9. The molecule has 1 aromatic heterocycles. The van der Waals surface area contributed by atoms with Gasteiger partial charge in [0.05, 0.1) is 5.52 Å². The Morgan fingerprint density at radius 2 is 1.76 bits per heavy atom. The third kappa shape index (κ3) is 4.07. The predicted octanol–water partition coefficient (Wildman–Crippen LogP) is 4.44. The molecule has 0 spiro atoms. The van der Waals surface area contributed by atoms with E-state index < -0.39 is 12.1 Å². The number of aryl methyl sites for hydroxylation is 1. The summed E-state index contributed by atoms with van der Waals surface area (Å²) in [6, 6.07) is 16.8. The number of fused-ring (bicyclic) bond motifs is 1. The van der Waals surface area contributed by atoms with Crippen LogP contribution in [-0.2, 0) is 11.2 Å². The molecular formula is C20H19NO4. The van der Waals surface area contributed by atoms with Crippen LogP contribution in [0.1, 0.15) is 19.4 Å². The number of benzene rings is 2. The molecule has 5 nitrogen and oxygen atoms in total. The highest BCUT2D eigenvalue weighted by atomic mass is 16.5. The SMILES string of the molecule is CCc1ccc2ccc(Oc3ccc(O[C@H](C)C(=O)O)cc3)nc2c1. The molecule has 5 heteroatoms. The van der Waals surface area contributed by atoms with E-state index in [1.54, 1.807) is 24.3 Å². The number of nitrogens with zero attached hydrogens (tertiary/aromatic N) is 1. The van der Waals surface area contributed by atoms with Crippen LogP contribution in [0.15, 0.2) is 54.6 Å². The fourth-order valence-electron chi connectivity index (χ4n) is 2.38. The molecule has 0 amide bonds. The summed E-state index contributed by atoms with van der Waals surface area (Å²) in [6.07, 6.45) is 0.0561. The topological polar surface area (TPSA) is 68.7 Å². The lowest BCUT2D eigenvalue weighted by atomic mass is 10.1. The molecule has 0 saturated carbocycles. The molecule has 0 aliphatic heterocycles. The van der Waals surface area contributed by atoms with Crippen molar-refractivity contribution in [2.45, 2.75) is 26.4 Å². The molecule has 0 bridgehead atoms. The Labute approximate surface area is 145 Å². The van der Waals surface area contributed by atoms with Crippen LogP contribution in [0.5, 0.6) is 17.4 Å². The van der Waals surface area contributed by atoms with Crippen molar-refractivity contribution in [1.82, 2.24) is 4.98 Å². The largest absolute Gasteiger partial charge is 0.479 e. The average Bonchev–Trinajstić information content (AvgIpc) is 2.62. The minimum atomic E-state index is -1.01. The van der Waals surface area contributed by atoms with E-state index in [-0.39, 0.29) is 0 Å². The third-order valence-electron chi connectivity index (χ3n) is 3.85. The average molecular weight is 337 g/mol. The molecular weight excluding hydrogens is 318 g/mol. The molecule has 0 unspecified atom stereocenters. The maximum Gasteiger partial charge on any atom is 0.344 e. The standard InChI is InChI=1S/C20H19NO4/c1-3-14-4-5-15-6-11-19(21-18(15)12-14)25-17-9-7-16(8-10-17)24-13(2)20(22)23/h4-13H,3H2,1-2H3,(H,22,23)/t13-/m1/s1. The number of hydrogen-bond donors (Lipinski definition) is 1. The first-order chi connectivity index (χ1) is 12.0. The Morgan fingerprint density at radius 3 is 2.44 bits per heavy atom. The number of carboxylic acid groups (broad SMARTS) is 1. The first-order valence-electron chi connectivity index (χ1n) is 8.12. The molecule has 1 heterocycles. The van der Waals surface area contributed by atoms with Gasteiger partial charge in [-0.15, -0.1) is 0 Å².